The second-order valence-electron chi connectivity index (χ2n) is 6.21. The highest BCUT2D eigenvalue weighted by molar-refractivity contribution is 7.17. The second kappa shape index (κ2) is 8.28. The largest absolute Gasteiger partial charge is 0.494 e. The van der Waals surface area contributed by atoms with Gasteiger partial charge in [0.15, 0.2) is 0 Å². The third-order valence-corrected chi connectivity index (χ3v) is 5.28. The zero-order chi connectivity index (χ0) is 20.2. The Balaban J connectivity index is 1.73. The lowest BCUT2D eigenvalue weighted by atomic mass is 10.1. The van der Waals surface area contributed by atoms with Crippen molar-refractivity contribution in [2.45, 2.75) is 6.92 Å². The molecule has 0 saturated carbocycles. The van der Waals surface area contributed by atoms with Crippen LogP contribution in [0.25, 0.3) is 21.3 Å². The number of hydrogen-bond acceptors (Lipinski definition) is 7. The fourth-order valence-electron chi connectivity index (χ4n) is 3.06. The van der Waals surface area contributed by atoms with Gasteiger partial charge in [-0.1, -0.05) is 18.2 Å². The number of ether oxygens (including phenoxy) is 2. The van der Waals surface area contributed by atoms with E-state index in [0.717, 1.165) is 32.8 Å². The highest BCUT2D eigenvalue weighted by Gasteiger charge is 2.14. The van der Waals surface area contributed by atoms with Crippen LogP contribution < -0.4 is 10.1 Å². The third-order valence-electron chi connectivity index (χ3n) is 4.39. The number of fused-ring (bicyclic) bond motifs is 1. The van der Waals surface area contributed by atoms with Crippen LogP contribution in [0.5, 0.6) is 5.75 Å². The van der Waals surface area contributed by atoms with E-state index in [2.05, 4.69) is 20.7 Å². The number of carbonyl (C=O) groups is 1. The van der Waals surface area contributed by atoms with E-state index in [-0.39, 0.29) is 5.97 Å². The molecule has 4 aromatic rings. The summed E-state index contributed by atoms with van der Waals surface area (Å²) < 4.78 is 10.3. The number of esters is 1. The molecule has 0 saturated heterocycles. The number of benzene rings is 2. The average molecular weight is 405 g/mol. The summed E-state index contributed by atoms with van der Waals surface area (Å²) in [5.74, 6) is 1.14. The van der Waals surface area contributed by atoms with Crippen molar-refractivity contribution < 1.29 is 14.3 Å². The molecule has 0 aliphatic rings. The number of thiophene rings is 1. The minimum absolute atomic E-state index is 0.382. The second-order valence-corrected chi connectivity index (χ2v) is 7.06. The lowest BCUT2D eigenvalue weighted by Crippen LogP contribution is -2.02. The zero-order valence-corrected chi connectivity index (χ0v) is 16.8. The first kappa shape index (κ1) is 18.9. The average Bonchev–Trinajstić information content (AvgIpc) is 3.19. The van der Waals surface area contributed by atoms with Crippen molar-refractivity contribution in [1.82, 2.24) is 9.97 Å². The molecule has 4 rings (SSSR count). The SMILES string of the molecule is CCOc1ccc(-c2csc3ncnc(Nc4cccc(C(=O)OC)c4)c23)cc1. The third kappa shape index (κ3) is 3.90. The molecule has 0 aliphatic carbocycles. The number of aromatic nitrogens is 2. The van der Waals surface area contributed by atoms with E-state index in [0.29, 0.717) is 18.0 Å². The molecule has 0 bridgehead atoms. The Hall–Kier alpha value is -3.45. The number of methoxy groups -OCH3 is 1. The Labute approximate surface area is 172 Å². The Morgan fingerprint density at radius 1 is 1.14 bits per heavy atom. The van der Waals surface area contributed by atoms with Crippen LogP contribution in [0.1, 0.15) is 17.3 Å². The van der Waals surface area contributed by atoms with Gasteiger partial charge in [0.2, 0.25) is 0 Å². The number of nitrogens with zero attached hydrogens (tertiary/aromatic N) is 2. The van der Waals surface area contributed by atoms with Gasteiger partial charge in [0.1, 0.15) is 22.7 Å². The minimum Gasteiger partial charge on any atom is -0.494 e. The molecule has 0 aliphatic heterocycles. The highest BCUT2D eigenvalue weighted by atomic mass is 32.1. The van der Waals surface area contributed by atoms with Gasteiger partial charge in [-0.05, 0) is 42.8 Å². The van der Waals surface area contributed by atoms with Gasteiger partial charge in [0.25, 0.3) is 0 Å². The van der Waals surface area contributed by atoms with Crippen LogP contribution in [0.3, 0.4) is 0 Å². The Kier molecular flexibility index (Phi) is 5.39. The quantitative estimate of drug-likeness (QED) is 0.440. The Bertz CT molecular complexity index is 1160. The van der Waals surface area contributed by atoms with E-state index in [1.54, 1.807) is 29.5 Å². The van der Waals surface area contributed by atoms with Gasteiger partial charge in [-0.15, -0.1) is 11.3 Å². The molecular weight excluding hydrogens is 386 g/mol. The molecule has 0 amide bonds. The molecule has 29 heavy (non-hydrogen) atoms. The molecule has 0 fully saturated rings. The van der Waals surface area contributed by atoms with Crippen LogP contribution in [-0.2, 0) is 4.74 Å². The Morgan fingerprint density at radius 2 is 1.97 bits per heavy atom. The normalized spacial score (nSPS) is 10.7. The number of anilines is 2. The van der Waals surface area contributed by atoms with E-state index < -0.39 is 0 Å². The van der Waals surface area contributed by atoms with E-state index in [1.165, 1.54) is 13.4 Å². The van der Waals surface area contributed by atoms with Gasteiger partial charge in [-0.25, -0.2) is 14.8 Å². The van der Waals surface area contributed by atoms with Crippen molar-refractivity contribution in [2.75, 3.05) is 19.0 Å². The van der Waals surface area contributed by atoms with E-state index in [4.69, 9.17) is 9.47 Å². The first-order valence-corrected chi connectivity index (χ1v) is 9.98. The van der Waals surface area contributed by atoms with Crippen molar-refractivity contribution in [1.29, 1.82) is 0 Å². The van der Waals surface area contributed by atoms with Crippen molar-refractivity contribution in [2.24, 2.45) is 0 Å². The van der Waals surface area contributed by atoms with Gasteiger partial charge in [0.05, 0.1) is 24.7 Å². The molecule has 0 radical (unpaired) electrons. The summed E-state index contributed by atoms with van der Waals surface area (Å²) in [5, 5.41) is 6.33. The molecule has 0 atom stereocenters. The van der Waals surface area contributed by atoms with Gasteiger partial charge in [-0.3, -0.25) is 0 Å². The van der Waals surface area contributed by atoms with Gasteiger partial charge >= 0.3 is 5.97 Å². The number of nitrogens with one attached hydrogen (secondary N) is 1. The maximum atomic E-state index is 11.8. The summed E-state index contributed by atoms with van der Waals surface area (Å²) >= 11 is 1.56. The van der Waals surface area contributed by atoms with E-state index in [9.17, 15) is 4.79 Å². The number of carbonyl (C=O) groups excluding carboxylic acids is 1. The summed E-state index contributed by atoms with van der Waals surface area (Å²) in [6, 6.07) is 15.1. The number of hydrogen-bond donors (Lipinski definition) is 1. The molecule has 0 unspecified atom stereocenters. The molecule has 2 aromatic carbocycles. The first-order valence-electron chi connectivity index (χ1n) is 9.10. The topological polar surface area (TPSA) is 73.3 Å². The maximum absolute atomic E-state index is 11.8. The van der Waals surface area contributed by atoms with Crippen LogP contribution in [0, 0.1) is 0 Å². The summed E-state index contributed by atoms with van der Waals surface area (Å²) in [6.45, 7) is 2.60. The number of rotatable bonds is 6. The molecule has 1 N–H and O–H groups in total. The molecule has 146 valence electrons. The molecular formula is C22H19N3O3S. The first-order chi connectivity index (χ1) is 14.2. The van der Waals surface area contributed by atoms with Crippen LogP contribution in [-0.4, -0.2) is 29.7 Å². The minimum atomic E-state index is -0.382. The van der Waals surface area contributed by atoms with Crippen LogP contribution >= 0.6 is 11.3 Å². The summed E-state index contributed by atoms with van der Waals surface area (Å²) in [4.78, 5) is 21.6. The van der Waals surface area contributed by atoms with Crippen molar-refractivity contribution in [3.8, 4) is 16.9 Å². The standard InChI is InChI=1S/C22H19N3O3S/c1-3-28-17-9-7-14(8-10-17)18-12-29-21-19(18)20(23-13-24-21)25-16-6-4-5-15(11-16)22(26)27-2/h4-13H,3H2,1-2H3,(H,23,24,25). The summed E-state index contributed by atoms with van der Waals surface area (Å²) in [5.41, 5.74) is 3.32. The molecule has 7 heteroatoms. The highest BCUT2D eigenvalue weighted by Crippen LogP contribution is 2.38. The summed E-state index contributed by atoms with van der Waals surface area (Å²) in [7, 11) is 1.37. The lowest BCUT2D eigenvalue weighted by molar-refractivity contribution is 0.0601. The van der Waals surface area contributed by atoms with Crippen LogP contribution in [0.15, 0.2) is 60.2 Å². The van der Waals surface area contributed by atoms with Crippen molar-refractivity contribution >= 4 is 39.0 Å². The van der Waals surface area contributed by atoms with Gasteiger partial charge in [-0.2, -0.15) is 0 Å². The predicted octanol–water partition coefficient (Wildman–Crippen LogP) is 5.29. The molecule has 2 aromatic heterocycles. The van der Waals surface area contributed by atoms with Gasteiger partial charge < -0.3 is 14.8 Å². The molecule has 2 heterocycles. The predicted molar refractivity (Wildman–Crippen MR) is 115 cm³/mol. The summed E-state index contributed by atoms with van der Waals surface area (Å²) in [6.07, 6.45) is 1.54. The lowest BCUT2D eigenvalue weighted by Gasteiger charge is -2.10. The molecule has 0 spiro atoms. The van der Waals surface area contributed by atoms with E-state index >= 15 is 0 Å². The fraction of sp³-hybridized carbons (Fsp3) is 0.136. The maximum Gasteiger partial charge on any atom is 0.337 e. The van der Waals surface area contributed by atoms with Crippen LogP contribution in [0.4, 0.5) is 11.5 Å². The van der Waals surface area contributed by atoms with Crippen molar-refractivity contribution in [3.63, 3.8) is 0 Å². The van der Waals surface area contributed by atoms with Gasteiger partial charge in [0, 0.05) is 16.6 Å². The monoisotopic (exact) mass is 405 g/mol. The zero-order valence-electron chi connectivity index (χ0n) is 16.0. The van der Waals surface area contributed by atoms with E-state index in [1.807, 2.05) is 37.3 Å². The Morgan fingerprint density at radius 3 is 2.72 bits per heavy atom. The fourth-order valence-corrected chi connectivity index (χ4v) is 3.97. The van der Waals surface area contributed by atoms with Crippen LogP contribution in [0.2, 0.25) is 0 Å². The smallest absolute Gasteiger partial charge is 0.337 e. The van der Waals surface area contributed by atoms with Crippen molar-refractivity contribution in [3.05, 3.63) is 65.8 Å². The molecule has 6 nitrogen and oxygen atoms in total.